The molecule has 0 spiro atoms. The fourth-order valence-corrected chi connectivity index (χ4v) is 0.683. The maximum atomic E-state index is 10.3. The third kappa shape index (κ3) is 4.75. The molecule has 3 N–H and O–H groups in total. The van der Waals surface area contributed by atoms with Gasteiger partial charge in [0, 0.05) is 0 Å². The second-order valence-electron chi connectivity index (χ2n) is 2.38. The molecular formula is C7H15NO3. The molecule has 66 valence electrons. The highest BCUT2D eigenvalue weighted by Gasteiger charge is 2.13. The van der Waals surface area contributed by atoms with Crippen LogP contribution in [0.15, 0.2) is 0 Å². The van der Waals surface area contributed by atoms with Crippen molar-refractivity contribution in [3.8, 4) is 0 Å². The molecule has 0 aliphatic rings. The van der Waals surface area contributed by atoms with E-state index >= 15 is 0 Å². The Kier molecular flexibility index (Phi) is 5.78. The molecule has 4 heteroatoms. The van der Waals surface area contributed by atoms with Crippen molar-refractivity contribution >= 4 is 5.97 Å². The molecular weight excluding hydrogens is 146 g/mol. The Morgan fingerprint density at radius 1 is 1.64 bits per heavy atom. The molecule has 0 saturated carbocycles. The Morgan fingerprint density at radius 2 is 2.27 bits per heavy atom. The Labute approximate surface area is 66.2 Å². The van der Waals surface area contributed by atoms with Gasteiger partial charge in [0.25, 0.3) is 0 Å². The molecule has 4 nitrogen and oxygen atoms in total. The molecule has 0 heterocycles. The Morgan fingerprint density at radius 3 is 2.64 bits per heavy atom. The summed E-state index contributed by atoms with van der Waals surface area (Å²) in [5, 5.41) is 19.7. The monoisotopic (exact) mass is 161 g/mol. The molecule has 0 aliphatic carbocycles. The Hall–Kier alpha value is -0.610. The predicted molar refractivity (Wildman–Crippen MR) is 41.4 cm³/mol. The minimum atomic E-state index is -0.997. The lowest BCUT2D eigenvalue weighted by molar-refractivity contribution is -0.140. The largest absolute Gasteiger partial charge is 0.480 e. The Balaban J connectivity index is 3.44. The molecule has 0 amide bonds. The first-order valence-electron chi connectivity index (χ1n) is 3.79. The van der Waals surface area contributed by atoms with Crippen LogP contribution < -0.4 is 5.32 Å². The summed E-state index contributed by atoms with van der Waals surface area (Å²) in [5.41, 5.74) is 0. The highest BCUT2D eigenvalue weighted by atomic mass is 16.4. The average molecular weight is 161 g/mol. The van der Waals surface area contributed by atoms with E-state index in [1.54, 1.807) is 0 Å². The number of nitrogens with one attached hydrogen (secondary N) is 1. The fraction of sp³-hybridized carbons (Fsp3) is 0.857. The standard InChI is InChI=1S/C7H15NO3/c1-2-3-4-8-6(5-9)7(10)11/h6,8-9H,2-5H2,1H3,(H,10,11)/t6-/m0/s1. The van der Waals surface area contributed by atoms with Gasteiger partial charge in [0.2, 0.25) is 0 Å². The van der Waals surface area contributed by atoms with Crippen molar-refractivity contribution in [2.75, 3.05) is 13.2 Å². The number of rotatable bonds is 6. The van der Waals surface area contributed by atoms with Crippen LogP contribution in [-0.4, -0.2) is 35.4 Å². The molecule has 0 unspecified atom stereocenters. The van der Waals surface area contributed by atoms with Crippen LogP contribution >= 0.6 is 0 Å². The van der Waals surface area contributed by atoms with Crippen LogP contribution in [0.25, 0.3) is 0 Å². The molecule has 0 aromatic carbocycles. The summed E-state index contributed by atoms with van der Waals surface area (Å²) in [6.45, 7) is 2.32. The molecule has 0 bridgehead atoms. The lowest BCUT2D eigenvalue weighted by Gasteiger charge is -2.09. The van der Waals surface area contributed by atoms with Crippen molar-refractivity contribution in [1.29, 1.82) is 0 Å². The lowest BCUT2D eigenvalue weighted by Crippen LogP contribution is -2.40. The minimum absolute atomic E-state index is 0.348. The number of hydrogen-bond donors (Lipinski definition) is 3. The summed E-state index contributed by atoms with van der Waals surface area (Å²) in [7, 11) is 0. The zero-order chi connectivity index (χ0) is 8.69. The van der Waals surface area contributed by atoms with Gasteiger partial charge in [-0.15, -0.1) is 0 Å². The van der Waals surface area contributed by atoms with Crippen molar-refractivity contribution in [1.82, 2.24) is 5.32 Å². The van der Waals surface area contributed by atoms with E-state index in [-0.39, 0.29) is 6.61 Å². The van der Waals surface area contributed by atoms with E-state index in [0.717, 1.165) is 12.8 Å². The first kappa shape index (κ1) is 10.4. The van der Waals surface area contributed by atoms with Crippen molar-refractivity contribution in [3.63, 3.8) is 0 Å². The summed E-state index contributed by atoms with van der Waals surface area (Å²) in [6.07, 6.45) is 1.95. The normalized spacial score (nSPS) is 12.9. The van der Waals surface area contributed by atoms with Crippen LogP contribution in [0.5, 0.6) is 0 Å². The molecule has 0 fully saturated rings. The SMILES string of the molecule is CCCCN[C@@H](CO)C(=O)O. The Bertz CT molecular complexity index is 116. The quantitative estimate of drug-likeness (QED) is 0.473. The highest BCUT2D eigenvalue weighted by Crippen LogP contribution is 1.86. The zero-order valence-electron chi connectivity index (χ0n) is 6.71. The molecule has 0 aliphatic heterocycles. The van der Waals surface area contributed by atoms with Crippen LogP contribution in [-0.2, 0) is 4.79 Å². The molecule has 0 aromatic heterocycles. The maximum absolute atomic E-state index is 10.3. The lowest BCUT2D eigenvalue weighted by atomic mass is 10.3. The van der Waals surface area contributed by atoms with Crippen molar-refractivity contribution in [2.45, 2.75) is 25.8 Å². The van der Waals surface area contributed by atoms with Crippen LogP contribution in [0, 0.1) is 0 Å². The van der Waals surface area contributed by atoms with E-state index in [2.05, 4.69) is 5.32 Å². The van der Waals surface area contributed by atoms with Crippen LogP contribution in [0.2, 0.25) is 0 Å². The summed E-state index contributed by atoms with van der Waals surface area (Å²) in [5.74, 6) is -0.997. The number of aliphatic hydroxyl groups is 1. The smallest absolute Gasteiger partial charge is 0.323 e. The number of hydrogen-bond acceptors (Lipinski definition) is 3. The van der Waals surface area contributed by atoms with Gasteiger partial charge in [-0.2, -0.15) is 0 Å². The van der Waals surface area contributed by atoms with Crippen LogP contribution in [0.1, 0.15) is 19.8 Å². The topological polar surface area (TPSA) is 69.6 Å². The van der Waals surface area contributed by atoms with Crippen LogP contribution in [0.4, 0.5) is 0 Å². The summed E-state index contributed by atoms with van der Waals surface area (Å²) < 4.78 is 0. The van der Waals surface area contributed by atoms with E-state index < -0.39 is 12.0 Å². The third-order valence-electron chi connectivity index (χ3n) is 1.40. The fourth-order valence-electron chi connectivity index (χ4n) is 0.683. The number of aliphatic hydroxyl groups excluding tert-OH is 1. The van der Waals surface area contributed by atoms with Gasteiger partial charge < -0.3 is 15.5 Å². The van der Waals surface area contributed by atoms with Gasteiger partial charge in [-0.3, -0.25) is 4.79 Å². The van der Waals surface area contributed by atoms with Gasteiger partial charge in [-0.25, -0.2) is 0 Å². The average Bonchev–Trinajstić information content (AvgIpc) is 1.97. The molecule has 1 atom stereocenters. The van der Waals surface area contributed by atoms with Gasteiger partial charge >= 0.3 is 5.97 Å². The summed E-state index contributed by atoms with van der Waals surface area (Å²) in [4.78, 5) is 10.3. The van der Waals surface area contributed by atoms with E-state index in [1.807, 2.05) is 6.92 Å². The van der Waals surface area contributed by atoms with Gasteiger partial charge in [-0.1, -0.05) is 13.3 Å². The van der Waals surface area contributed by atoms with E-state index in [4.69, 9.17) is 10.2 Å². The minimum Gasteiger partial charge on any atom is -0.480 e. The maximum Gasteiger partial charge on any atom is 0.323 e. The highest BCUT2D eigenvalue weighted by molar-refractivity contribution is 5.73. The molecule has 0 rings (SSSR count). The second-order valence-corrected chi connectivity index (χ2v) is 2.38. The molecule has 11 heavy (non-hydrogen) atoms. The van der Waals surface area contributed by atoms with E-state index in [0.29, 0.717) is 6.54 Å². The number of carboxylic acids is 1. The van der Waals surface area contributed by atoms with E-state index in [1.165, 1.54) is 0 Å². The van der Waals surface area contributed by atoms with Gasteiger partial charge in [0.15, 0.2) is 0 Å². The second kappa shape index (κ2) is 6.12. The third-order valence-corrected chi connectivity index (χ3v) is 1.40. The van der Waals surface area contributed by atoms with Crippen molar-refractivity contribution in [2.24, 2.45) is 0 Å². The number of carboxylic acid groups (broad SMARTS) is 1. The van der Waals surface area contributed by atoms with Crippen molar-refractivity contribution < 1.29 is 15.0 Å². The molecule has 0 radical (unpaired) electrons. The summed E-state index contributed by atoms with van der Waals surface area (Å²) >= 11 is 0. The summed E-state index contributed by atoms with van der Waals surface area (Å²) in [6, 6.07) is -0.804. The first-order valence-corrected chi connectivity index (χ1v) is 3.79. The first-order chi connectivity index (χ1) is 5.22. The van der Waals surface area contributed by atoms with Crippen LogP contribution in [0.3, 0.4) is 0 Å². The van der Waals surface area contributed by atoms with Crippen molar-refractivity contribution in [3.05, 3.63) is 0 Å². The van der Waals surface area contributed by atoms with Gasteiger partial charge in [-0.05, 0) is 13.0 Å². The molecule has 0 aromatic rings. The number of carbonyl (C=O) groups is 1. The van der Waals surface area contributed by atoms with E-state index in [9.17, 15) is 4.79 Å². The predicted octanol–water partition coefficient (Wildman–Crippen LogP) is -0.178. The van der Waals surface area contributed by atoms with Gasteiger partial charge in [0.05, 0.1) is 6.61 Å². The van der Waals surface area contributed by atoms with Gasteiger partial charge in [0.1, 0.15) is 6.04 Å². The number of aliphatic carboxylic acids is 1. The zero-order valence-corrected chi connectivity index (χ0v) is 6.71. The number of unbranched alkanes of at least 4 members (excludes halogenated alkanes) is 1. The molecule has 0 saturated heterocycles.